The van der Waals surface area contributed by atoms with E-state index in [0.29, 0.717) is 41.7 Å². The van der Waals surface area contributed by atoms with E-state index in [1.54, 1.807) is 37.2 Å². The molecule has 4 rings (SSSR count). The van der Waals surface area contributed by atoms with E-state index in [1.807, 2.05) is 30.3 Å². The van der Waals surface area contributed by atoms with Crippen molar-refractivity contribution in [3.8, 4) is 23.4 Å². The van der Waals surface area contributed by atoms with E-state index in [1.165, 1.54) is 0 Å². The Morgan fingerprint density at radius 1 is 1.03 bits per heavy atom. The van der Waals surface area contributed by atoms with Crippen molar-refractivity contribution in [1.82, 2.24) is 19.5 Å². The number of ether oxygens (including phenoxy) is 4. The second-order valence-corrected chi connectivity index (χ2v) is 8.13. The van der Waals surface area contributed by atoms with Gasteiger partial charge in [0.15, 0.2) is 17.1 Å². The Morgan fingerprint density at radius 3 is 2.55 bits per heavy atom. The molecule has 2 N–H and O–H groups in total. The van der Waals surface area contributed by atoms with Gasteiger partial charge in [-0.2, -0.15) is 4.98 Å². The predicted octanol–water partition coefficient (Wildman–Crippen LogP) is 3.53. The van der Waals surface area contributed by atoms with Gasteiger partial charge in [-0.25, -0.2) is 14.8 Å². The van der Waals surface area contributed by atoms with Gasteiger partial charge in [-0.05, 0) is 52.4 Å². The van der Waals surface area contributed by atoms with E-state index in [-0.39, 0.29) is 6.01 Å². The summed E-state index contributed by atoms with van der Waals surface area (Å²) in [6.45, 7) is 0.643. The SMILES string of the molecule is COc1ccc(COc2ccc(Cn3c(OC(N)=O)nc4cc(I)cnc43)cc2OC)cn1. The third-order valence-electron chi connectivity index (χ3n) is 4.68. The first-order valence-electron chi connectivity index (χ1n) is 9.74. The van der Waals surface area contributed by atoms with Crippen molar-refractivity contribution in [1.29, 1.82) is 0 Å². The van der Waals surface area contributed by atoms with Crippen LogP contribution in [-0.2, 0) is 13.2 Å². The number of nitrogens with zero attached hydrogens (tertiary/aromatic N) is 4. The molecule has 1 aromatic carbocycles. The first-order chi connectivity index (χ1) is 16.0. The average molecular weight is 561 g/mol. The van der Waals surface area contributed by atoms with Crippen molar-refractivity contribution in [2.75, 3.05) is 14.2 Å². The minimum absolute atomic E-state index is 0.0679. The van der Waals surface area contributed by atoms with Crippen molar-refractivity contribution in [3.05, 3.63) is 63.5 Å². The zero-order valence-electron chi connectivity index (χ0n) is 17.8. The smallest absolute Gasteiger partial charge is 0.412 e. The minimum Gasteiger partial charge on any atom is -0.493 e. The van der Waals surface area contributed by atoms with Crippen LogP contribution in [0.25, 0.3) is 11.2 Å². The standard InChI is InChI=1S/C22H20IN5O5/c1-30-18-7-13(3-5-17(18)32-12-14-4-6-19(31-2)25-9-14)11-28-20-16(8-15(23)10-26-20)27-22(28)33-21(24)29/h3-10H,11-12H2,1-2H3,(H2,24,29). The summed E-state index contributed by atoms with van der Waals surface area (Å²) in [6, 6.07) is 11.1. The molecule has 0 spiro atoms. The number of imidazole rings is 1. The molecular formula is C22H20IN5O5. The first-order valence-corrected chi connectivity index (χ1v) is 10.8. The largest absolute Gasteiger partial charge is 0.493 e. The van der Waals surface area contributed by atoms with E-state index in [9.17, 15) is 4.79 Å². The zero-order valence-corrected chi connectivity index (χ0v) is 20.0. The topological polar surface area (TPSA) is 124 Å². The number of hydrogen-bond acceptors (Lipinski definition) is 8. The second kappa shape index (κ2) is 9.90. The molecule has 3 heterocycles. The summed E-state index contributed by atoms with van der Waals surface area (Å²) in [5, 5.41) is 0. The van der Waals surface area contributed by atoms with Crippen molar-refractivity contribution < 1.29 is 23.7 Å². The Labute approximate surface area is 202 Å². The van der Waals surface area contributed by atoms with Gasteiger partial charge in [-0.15, -0.1) is 0 Å². The van der Waals surface area contributed by atoms with Crippen LogP contribution < -0.4 is 24.7 Å². The van der Waals surface area contributed by atoms with Gasteiger partial charge in [0.25, 0.3) is 0 Å². The molecule has 0 fully saturated rings. The fourth-order valence-electron chi connectivity index (χ4n) is 3.17. The number of pyridine rings is 2. The van der Waals surface area contributed by atoms with Gasteiger partial charge >= 0.3 is 12.1 Å². The van der Waals surface area contributed by atoms with Gasteiger partial charge in [0, 0.05) is 27.6 Å². The normalized spacial score (nSPS) is 10.8. The van der Waals surface area contributed by atoms with E-state index in [0.717, 1.165) is 14.7 Å². The number of carbonyl (C=O) groups excluding carboxylic acids is 1. The lowest BCUT2D eigenvalue weighted by Crippen LogP contribution is -2.19. The average Bonchev–Trinajstić information content (AvgIpc) is 3.13. The van der Waals surface area contributed by atoms with E-state index in [2.05, 4.69) is 37.5 Å². The lowest BCUT2D eigenvalue weighted by molar-refractivity contribution is 0.205. The molecular weight excluding hydrogens is 541 g/mol. The number of methoxy groups -OCH3 is 2. The maximum absolute atomic E-state index is 11.4. The lowest BCUT2D eigenvalue weighted by atomic mass is 10.2. The van der Waals surface area contributed by atoms with Crippen molar-refractivity contribution in [2.45, 2.75) is 13.2 Å². The molecule has 33 heavy (non-hydrogen) atoms. The fourth-order valence-corrected chi connectivity index (χ4v) is 3.60. The summed E-state index contributed by atoms with van der Waals surface area (Å²) in [6.07, 6.45) is 2.45. The highest BCUT2D eigenvalue weighted by Gasteiger charge is 2.17. The minimum atomic E-state index is -0.949. The molecule has 10 nitrogen and oxygen atoms in total. The molecule has 0 aliphatic rings. The number of aromatic nitrogens is 4. The fraction of sp³-hybridized carbons (Fsp3) is 0.182. The Kier molecular flexibility index (Phi) is 6.77. The van der Waals surface area contributed by atoms with Gasteiger partial charge in [-0.3, -0.25) is 4.57 Å². The first kappa shape index (κ1) is 22.6. The molecule has 11 heteroatoms. The highest BCUT2D eigenvalue weighted by atomic mass is 127. The number of fused-ring (bicyclic) bond motifs is 1. The Hall–Kier alpha value is -3.61. The van der Waals surface area contributed by atoms with Crippen LogP contribution in [0.1, 0.15) is 11.1 Å². The Morgan fingerprint density at radius 2 is 1.85 bits per heavy atom. The Balaban J connectivity index is 1.57. The number of rotatable bonds is 8. The number of benzene rings is 1. The zero-order chi connectivity index (χ0) is 23.4. The molecule has 4 aromatic rings. The molecule has 0 aliphatic carbocycles. The predicted molar refractivity (Wildman–Crippen MR) is 128 cm³/mol. The molecule has 0 radical (unpaired) electrons. The van der Waals surface area contributed by atoms with Crippen LogP contribution in [0.4, 0.5) is 4.79 Å². The van der Waals surface area contributed by atoms with Crippen molar-refractivity contribution >= 4 is 39.8 Å². The van der Waals surface area contributed by atoms with Gasteiger partial charge in [0.05, 0.1) is 20.8 Å². The third kappa shape index (κ3) is 5.25. The number of amides is 1. The number of primary amides is 1. The summed E-state index contributed by atoms with van der Waals surface area (Å²) >= 11 is 2.14. The number of nitrogens with two attached hydrogens (primary N) is 1. The summed E-state index contributed by atoms with van der Waals surface area (Å²) < 4.78 is 24.2. The maximum Gasteiger partial charge on any atom is 0.412 e. The van der Waals surface area contributed by atoms with E-state index in [4.69, 9.17) is 24.7 Å². The number of hydrogen-bond donors (Lipinski definition) is 1. The van der Waals surface area contributed by atoms with Crippen molar-refractivity contribution in [2.24, 2.45) is 5.73 Å². The van der Waals surface area contributed by atoms with E-state index >= 15 is 0 Å². The molecule has 170 valence electrons. The molecule has 3 aromatic heterocycles. The van der Waals surface area contributed by atoms with Crippen LogP contribution in [-0.4, -0.2) is 39.8 Å². The van der Waals surface area contributed by atoms with E-state index < -0.39 is 6.09 Å². The Bertz CT molecular complexity index is 1290. The third-order valence-corrected chi connectivity index (χ3v) is 5.27. The molecule has 0 saturated heterocycles. The summed E-state index contributed by atoms with van der Waals surface area (Å²) in [4.78, 5) is 24.3. The van der Waals surface area contributed by atoms with Crippen LogP contribution in [0.15, 0.2) is 48.8 Å². The van der Waals surface area contributed by atoms with Crippen LogP contribution in [0.5, 0.6) is 23.4 Å². The van der Waals surface area contributed by atoms with Crippen LogP contribution in [0.3, 0.4) is 0 Å². The number of halogens is 1. The van der Waals surface area contributed by atoms with Gasteiger partial charge < -0.3 is 24.7 Å². The molecule has 0 bridgehead atoms. The van der Waals surface area contributed by atoms with Crippen LogP contribution >= 0.6 is 22.6 Å². The summed E-state index contributed by atoms with van der Waals surface area (Å²) in [7, 11) is 3.13. The van der Waals surface area contributed by atoms with Crippen LogP contribution in [0, 0.1) is 3.57 Å². The van der Waals surface area contributed by atoms with Crippen LogP contribution in [0.2, 0.25) is 0 Å². The molecule has 0 saturated carbocycles. The maximum atomic E-state index is 11.4. The van der Waals surface area contributed by atoms with Crippen molar-refractivity contribution in [3.63, 3.8) is 0 Å². The lowest BCUT2D eigenvalue weighted by Gasteiger charge is -2.13. The molecule has 0 aliphatic heterocycles. The second-order valence-electron chi connectivity index (χ2n) is 6.88. The van der Waals surface area contributed by atoms with Gasteiger partial charge in [0.2, 0.25) is 5.88 Å². The molecule has 0 unspecified atom stereocenters. The number of carbonyl (C=O) groups is 1. The highest BCUT2D eigenvalue weighted by Crippen LogP contribution is 2.30. The van der Waals surface area contributed by atoms with Gasteiger partial charge in [0.1, 0.15) is 12.1 Å². The quantitative estimate of drug-likeness (QED) is 0.324. The summed E-state index contributed by atoms with van der Waals surface area (Å²) in [5.41, 5.74) is 8.13. The monoisotopic (exact) mass is 561 g/mol. The highest BCUT2D eigenvalue weighted by molar-refractivity contribution is 14.1. The van der Waals surface area contributed by atoms with Gasteiger partial charge in [-0.1, -0.05) is 6.07 Å². The molecule has 1 amide bonds. The molecule has 0 atom stereocenters. The summed E-state index contributed by atoms with van der Waals surface area (Å²) in [5.74, 6) is 1.67.